The Kier molecular flexibility index (Phi) is 4.12. The van der Waals surface area contributed by atoms with E-state index in [2.05, 4.69) is 14.5 Å². The molecule has 1 rings (SSSR count). The summed E-state index contributed by atoms with van der Waals surface area (Å²) in [6.45, 7) is 0. The van der Waals surface area contributed by atoms with E-state index < -0.39 is 31.8 Å². The summed E-state index contributed by atoms with van der Waals surface area (Å²) in [7, 11) is 1.35. The maximum absolute atomic E-state index is 12.2. The molecule has 19 heavy (non-hydrogen) atoms. The molecule has 0 radical (unpaired) electrons. The van der Waals surface area contributed by atoms with E-state index in [0.717, 1.165) is 13.3 Å². The van der Waals surface area contributed by atoms with E-state index in [1.54, 1.807) is 0 Å². The Bertz CT molecular complexity index is 639. The quantitative estimate of drug-likeness (QED) is 0.790. The van der Waals surface area contributed by atoms with Gasteiger partial charge in [-0.3, -0.25) is 0 Å². The molecule has 0 aliphatic rings. The zero-order valence-corrected chi connectivity index (χ0v) is 10.6. The van der Waals surface area contributed by atoms with Crippen LogP contribution in [0.1, 0.15) is 5.56 Å². The average molecular weight is 317 g/mol. The van der Waals surface area contributed by atoms with E-state index in [1.165, 1.54) is 6.07 Å². The first-order valence-corrected chi connectivity index (χ1v) is 6.58. The van der Waals surface area contributed by atoms with Crippen molar-refractivity contribution < 1.29 is 31.1 Å². The van der Waals surface area contributed by atoms with Crippen LogP contribution in [0.5, 0.6) is 11.5 Å². The summed E-state index contributed by atoms with van der Waals surface area (Å²) in [6.07, 6.45) is -4.48. The third-order valence-corrected chi connectivity index (χ3v) is 2.94. The Morgan fingerprint density at radius 2 is 2.05 bits per heavy atom. The molecule has 0 aliphatic heterocycles. The Hall–Kier alpha value is -1.73. The fourth-order valence-corrected chi connectivity index (χ4v) is 1.98. The second-order valence-electron chi connectivity index (χ2n) is 2.93. The molecule has 0 N–H and O–H groups in total. The minimum Gasteiger partial charge on any atom is -0.494 e. The normalized spacial score (nSPS) is 11.8. The number of rotatable bonds is 3. The Labute approximate surface area is 109 Å². The zero-order chi connectivity index (χ0) is 14.8. The molecule has 0 saturated heterocycles. The second kappa shape index (κ2) is 5.10. The number of methoxy groups -OCH3 is 1. The fourth-order valence-electron chi connectivity index (χ4n) is 1.10. The largest absolute Gasteiger partial charge is 0.573 e. The molecular formula is C8H4ClF3N2O4S. The molecule has 1 aromatic heterocycles. The van der Waals surface area contributed by atoms with Crippen LogP contribution in [0.15, 0.2) is 11.2 Å². The number of ether oxygens (including phenoxy) is 2. The second-order valence-corrected chi connectivity index (χ2v) is 5.41. The minimum absolute atomic E-state index is 0.384. The Morgan fingerprint density at radius 3 is 2.42 bits per heavy atom. The van der Waals surface area contributed by atoms with Crippen LogP contribution in [0.3, 0.4) is 0 Å². The monoisotopic (exact) mass is 316 g/mol. The molecule has 104 valence electrons. The summed E-state index contributed by atoms with van der Waals surface area (Å²) in [6, 6.07) is 1.34. The lowest BCUT2D eigenvalue weighted by molar-refractivity contribution is -0.275. The lowest BCUT2D eigenvalue weighted by Gasteiger charge is -2.13. The predicted molar refractivity (Wildman–Crippen MR) is 55.2 cm³/mol. The molecule has 0 fully saturated rings. The van der Waals surface area contributed by atoms with E-state index in [9.17, 15) is 21.6 Å². The number of aromatic nitrogens is 1. The van der Waals surface area contributed by atoms with Crippen molar-refractivity contribution >= 4 is 19.7 Å². The van der Waals surface area contributed by atoms with Crippen molar-refractivity contribution in [2.24, 2.45) is 0 Å². The van der Waals surface area contributed by atoms with Crippen molar-refractivity contribution in [1.82, 2.24) is 4.98 Å². The predicted octanol–water partition coefficient (Wildman–Crippen LogP) is 1.79. The lowest BCUT2D eigenvalue weighted by atomic mass is 10.2. The topological polar surface area (TPSA) is 89.3 Å². The van der Waals surface area contributed by atoms with Crippen LogP contribution >= 0.6 is 10.7 Å². The highest BCUT2D eigenvalue weighted by atomic mass is 35.7. The third kappa shape index (κ3) is 3.62. The van der Waals surface area contributed by atoms with Crippen molar-refractivity contribution in [2.45, 2.75) is 11.4 Å². The van der Waals surface area contributed by atoms with Crippen molar-refractivity contribution in [3.8, 4) is 17.6 Å². The van der Waals surface area contributed by atoms with Gasteiger partial charge >= 0.3 is 6.36 Å². The van der Waals surface area contributed by atoms with Gasteiger partial charge in [-0.25, -0.2) is 13.4 Å². The highest BCUT2D eigenvalue weighted by molar-refractivity contribution is 8.13. The van der Waals surface area contributed by atoms with E-state index in [4.69, 9.17) is 15.9 Å². The van der Waals surface area contributed by atoms with Gasteiger partial charge in [0.1, 0.15) is 11.6 Å². The van der Waals surface area contributed by atoms with Crippen molar-refractivity contribution in [3.05, 3.63) is 11.8 Å². The van der Waals surface area contributed by atoms with Crippen LogP contribution in [-0.4, -0.2) is 26.9 Å². The first-order valence-electron chi connectivity index (χ1n) is 4.27. The Balaban J connectivity index is 3.65. The Morgan fingerprint density at radius 1 is 1.47 bits per heavy atom. The molecule has 6 nitrogen and oxygen atoms in total. The highest BCUT2D eigenvalue weighted by Gasteiger charge is 2.37. The summed E-state index contributed by atoms with van der Waals surface area (Å²) in [5.41, 5.74) is -0.783. The summed E-state index contributed by atoms with van der Waals surface area (Å²) in [5, 5.41) is 7.56. The lowest BCUT2D eigenvalue weighted by Crippen LogP contribution is -2.20. The molecule has 0 spiro atoms. The number of pyridine rings is 1. The SMILES string of the molecule is COc1cnc(S(=O)(=O)Cl)c(OC(F)(F)F)c1C#N. The van der Waals surface area contributed by atoms with Crippen molar-refractivity contribution in [3.63, 3.8) is 0 Å². The number of hydrogen-bond donors (Lipinski definition) is 0. The van der Waals surface area contributed by atoms with Gasteiger partial charge in [0.05, 0.1) is 13.3 Å². The summed E-state index contributed by atoms with van der Waals surface area (Å²) >= 11 is 0. The van der Waals surface area contributed by atoms with Gasteiger partial charge in [0, 0.05) is 10.7 Å². The van der Waals surface area contributed by atoms with Gasteiger partial charge in [0.2, 0.25) is 5.03 Å². The molecule has 0 amide bonds. The van der Waals surface area contributed by atoms with Crippen LogP contribution in [0, 0.1) is 11.3 Å². The molecule has 1 heterocycles. The first kappa shape index (κ1) is 15.3. The maximum Gasteiger partial charge on any atom is 0.573 e. The molecule has 0 aliphatic carbocycles. The summed E-state index contributed by atoms with van der Waals surface area (Å²) < 4.78 is 67.0. The smallest absolute Gasteiger partial charge is 0.494 e. The van der Waals surface area contributed by atoms with Crippen LogP contribution in [0.2, 0.25) is 0 Å². The van der Waals surface area contributed by atoms with Crippen molar-refractivity contribution in [2.75, 3.05) is 7.11 Å². The van der Waals surface area contributed by atoms with Crippen molar-refractivity contribution in [1.29, 1.82) is 5.26 Å². The van der Waals surface area contributed by atoms with Gasteiger partial charge < -0.3 is 9.47 Å². The van der Waals surface area contributed by atoms with Crippen LogP contribution in [0.25, 0.3) is 0 Å². The van der Waals surface area contributed by atoms with E-state index in [1.807, 2.05) is 0 Å². The van der Waals surface area contributed by atoms with E-state index in [-0.39, 0.29) is 5.75 Å². The molecule has 0 aromatic carbocycles. The minimum atomic E-state index is -5.23. The average Bonchev–Trinajstić information content (AvgIpc) is 2.24. The van der Waals surface area contributed by atoms with E-state index >= 15 is 0 Å². The molecule has 0 bridgehead atoms. The molecular weight excluding hydrogens is 313 g/mol. The fraction of sp³-hybridized carbons (Fsp3) is 0.250. The zero-order valence-electron chi connectivity index (χ0n) is 9.02. The number of hydrogen-bond acceptors (Lipinski definition) is 6. The number of nitriles is 1. The highest BCUT2D eigenvalue weighted by Crippen LogP contribution is 2.37. The van der Waals surface area contributed by atoms with Gasteiger partial charge in [0.15, 0.2) is 11.5 Å². The number of nitrogens with zero attached hydrogens (tertiary/aromatic N) is 2. The standard InChI is InChI=1S/C8H4ClF3N2O4S/c1-17-5-3-14-7(19(9,15)16)6(4(5)2-13)18-8(10,11)12/h3H,1H3. The first-order chi connectivity index (χ1) is 8.60. The summed E-state index contributed by atoms with van der Waals surface area (Å²) in [4.78, 5) is 3.19. The van der Waals surface area contributed by atoms with Crippen LogP contribution < -0.4 is 9.47 Å². The van der Waals surface area contributed by atoms with Gasteiger partial charge in [0.25, 0.3) is 9.05 Å². The van der Waals surface area contributed by atoms with Gasteiger partial charge in [-0.05, 0) is 0 Å². The number of alkyl halides is 3. The number of halogens is 4. The van der Waals surface area contributed by atoms with Crippen LogP contribution in [0.4, 0.5) is 13.2 Å². The molecule has 0 unspecified atom stereocenters. The van der Waals surface area contributed by atoms with Gasteiger partial charge in [-0.2, -0.15) is 5.26 Å². The van der Waals surface area contributed by atoms with Crippen LogP contribution in [-0.2, 0) is 9.05 Å². The third-order valence-electron chi connectivity index (χ3n) is 1.75. The summed E-state index contributed by atoms with van der Waals surface area (Å²) in [5.74, 6) is -1.71. The maximum atomic E-state index is 12.2. The van der Waals surface area contributed by atoms with Gasteiger partial charge in [-0.1, -0.05) is 0 Å². The van der Waals surface area contributed by atoms with Gasteiger partial charge in [-0.15, -0.1) is 13.2 Å². The molecule has 11 heteroatoms. The molecule has 0 saturated carbocycles. The molecule has 0 atom stereocenters. The van der Waals surface area contributed by atoms with E-state index in [0.29, 0.717) is 0 Å². The molecule has 1 aromatic rings.